The van der Waals surface area contributed by atoms with Gasteiger partial charge < -0.3 is 14.8 Å². The lowest BCUT2D eigenvalue weighted by Crippen LogP contribution is -2.21. The molecule has 0 unspecified atom stereocenters. The number of ether oxygens (including phenoxy) is 2. The second-order valence-electron chi connectivity index (χ2n) is 5.76. The highest BCUT2D eigenvalue weighted by Gasteiger charge is 2.12. The van der Waals surface area contributed by atoms with Crippen LogP contribution in [0.2, 0.25) is 5.02 Å². The van der Waals surface area contributed by atoms with E-state index in [2.05, 4.69) is 12.2 Å². The standard InChI is InChI=1S/C20H22ClNO4/c1-3-4-12-25-16-10-8-15(9-11-16)20(24)26-13-19(23)22-18-7-5-6-17(21)14(18)2/h5-11H,3-4,12-13H2,1-2H3,(H,22,23). The summed E-state index contributed by atoms with van der Waals surface area (Å²) >= 11 is 6.01. The van der Waals surface area contributed by atoms with E-state index in [1.165, 1.54) is 0 Å². The lowest BCUT2D eigenvalue weighted by atomic mass is 10.2. The number of nitrogens with one attached hydrogen (secondary N) is 1. The Morgan fingerprint density at radius 1 is 1.12 bits per heavy atom. The third kappa shape index (κ3) is 5.77. The zero-order chi connectivity index (χ0) is 18.9. The molecule has 0 heterocycles. The van der Waals surface area contributed by atoms with Crippen molar-refractivity contribution in [1.29, 1.82) is 0 Å². The summed E-state index contributed by atoms with van der Waals surface area (Å²) in [7, 11) is 0. The molecule has 2 rings (SSSR count). The molecular formula is C20H22ClNO4. The van der Waals surface area contributed by atoms with Gasteiger partial charge in [0.15, 0.2) is 6.61 Å². The summed E-state index contributed by atoms with van der Waals surface area (Å²) in [6.45, 7) is 4.16. The topological polar surface area (TPSA) is 64.6 Å². The molecular weight excluding hydrogens is 354 g/mol. The van der Waals surface area contributed by atoms with Gasteiger partial charge in [-0.3, -0.25) is 4.79 Å². The minimum Gasteiger partial charge on any atom is -0.494 e. The Labute approximate surface area is 158 Å². The van der Waals surface area contributed by atoms with Gasteiger partial charge in [0.25, 0.3) is 5.91 Å². The van der Waals surface area contributed by atoms with E-state index in [0.29, 0.717) is 28.6 Å². The van der Waals surface area contributed by atoms with E-state index in [1.54, 1.807) is 49.4 Å². The fourth-order valence-electron chi connectivity index (χ4n) is 2.17. The maximum atomic E-state index is 12.0. The Hall–Kier alpha value is -2.53. The quantitative estimate of drug-likeness (QED) is 0.540. The number of anilines is 1. The van der Waals surface area contributed by atoms with E-state index in [1.807, 2.05) is 0 Å². The Balaban J connectivity index is 1.84. The molecule has 0 saturated carbocycles. The third-order valence-corrected chi connectivity index (χ3v) is 4.14. The van der Waals surface area contributed by atoms with E-state index in [-0.39, 0.29) is 6.61 Å². The number of rotatable bonds is 8. The highest BCUT2D eigenvalue weighted by molar-refractivity contribution is 6.31. The molecule has 6 heteroatoms. The average molecular weight is 376 g/mol. The molecule has 1 amide bonds. The van der Waals surface area contributed by atoms with Crippen molar-refractivity contribution in [3.8, 4) is 5.75 Å². The highest BCUT2D eigenvalue weighted by atomic mass is 35.5. The fourth-order valence-corrected chi connectivity index (χ4v) is 2.34. The number of carbonyl (C=O) groups excluding carboxylic acids is 2. The van der Waals surface area contributed by atoms with E-state index in [0.717, 1.165) is 18.4 Å². The zero-order valence-electron chi connectivity index (χ0n) is 14.9. The maximum Gasteiger partial charge on any atom is 0.338 e. The number of carbonyl (C=O) groups is 2. The number of unbranched alkanes of at least 4 members (excludes halogenated alkanes) is 1. The van der Waals surface area contributed by atoms with Crippen LogP contribution in [0.25, 0.3) is 0 Å². The number of benzene rings is 2. The largest absolute Gasteiger partial charge is 0.494 e. The first kappa shape index (κ1) is 19.8. The Bertz CT molecular complexity index is 759. The number of esters is 1. The number of hydrogen-bond acceptors (Lipinski definition) is 4. The van der Waals surface area contributed by atoms with Gasteiger partial charge in [0, 0.05) is 10.7 Å². The van der Waals surface area contributed by atoms with Crippen LogP contribution < -0.4 is 10.1 Å². The SMILES string of the molecule is CCCCOc1ccc(C(=O)OCC(=O)Nc2cccc(Cl)c2C)cc1. The molecule has 0 fully saturated rings. The number of hydrogen-bond donors (Lipinski definition) is 1. The zero-order valence-corrected chi connectivity index (χ0v) is 15.6. The summed E-state index contributed by atoms with van der Waals surface area (Å²) in [6.07, 6.45) is 2.03. The second-order valence-corrected chi connectivity index (χ2v) is 6.17. The molecule has 0 saturated heterocycles. The predicted octanol–water partition coefficient (Wildman–Crippen LogP) is 4.62. The minimum absolute atomic E-state index is 0.361. The maximum absolute atomic E-state index is 12.0. The molecule has 0 aliphatic carbocycles. The molecule has 0 aliphatic rings. The van der Waals surface area contributed by atoms with Crippen molar-refractivity contribution in [3.63, 3.8) is 0 Å². The van der Waals surface area contributed by atoms with E-state index in [9.17, 15) is 9.59 Å². The molecule has 1 N–H and O–H groups in total. The first-order valence-electron chi connectivity index (χ1n) is 8.46. The molecule has 26 heavy (non-hydrogen) atoms. The smallest absolute Gasteiger partial charge is 0.338 e. The molecule has 5 nitrogen and oxygen atoms in total. The molecule has 0 spiro atoms. The van der Waals surface area contributed by atoms with Crippen molar-refractivity contribution >= 4 is 29.2 Å². The lowest BCUT2D eigenvalue weighted by molar-refractivity contribution is -0.119. The summed E-state index contributed by atoms with van der Waals surface area (Å²) in [5.74, 6) is -0.296. The molecule has 0 radical (unpaired) electrons. The van der Waals surface area contributed by atoms with Crippen LogP contribution in [0.3, 0.4) is 0 Å². The average Bonchev–Trinajstić information content (AvgIpc) is 2.64. The first-order chi connectivity index (χ1) is 12.5. The second kappa shape index (κ2) is 9.82. The summed E-state index contributed by atoms with van der Waals surface area (Å²) in [5.41, 5.74) is 1.71. The molecule has 2 aromatic carbocycles. The van der Waals surface area contributed by atoms with Crippen molar-refractivity contribution in [2.24, 2.45) is 0 Å². The molecule has 2 aromatic rings. The Morgan fingerprint density at radius 3 is 2.54 bits per heavy atom. The van der Waals surface area contributed by atoms with Gasteiger partial charge in [-0.1, -0.05) is 31.0 Å². The Morgan fingerprint density at radius 2 is 1.85 bits per heavy atom. The van der Waals surface area contributed by atoms with Gasteiger partial charge in [0.05, 0.1) is 12.2 Å². The van der Waals surface area contributed by atoms with Gasteiger partial charge in [0.2, 0.25) is 0 Å². The molecule has 0 bridgehead atoms. The monoisotopic (exact) mass is 375 g/mol. The molecule has 138 valence electrons. The van der Waals surface area contributed by atoms with Crippen LogP contribution in [0.5, 0.6) is 5.75 Å². The lowest BCUT2D eigenvalue weighted by Gasteiger charge is -2.10. The summed E-state index contributed by atoms with van der Waals surface area (Å²) in [4.78, 5) is 24.0. The highest BCUT2D eigenvalue weighted by Crippen LogP contribution is 2.22. The number of amides is 1. The van der Waals surface area contributed by atoms with Crippen LogP contribution in [-0.4, -0.2) is 25.1 Å². The normalized spacial score (nSPS) is 10.3. The van der Waals surface area contributed by atoms with Crippen LogP contribution >= 0.6 is 11.6 Å². The molecule has 0 aromatic heterocycles. The summed E-state index contributed by atoms with van der Waals surface area (Å²) in [6, 6.07) is 11.9. The van der Waals surface area contributed by atoms with Gasteiger partial charge in [-0.2, -0.15) is 0 Å². The minimum atomic E-state index is -0.567. The van der Waals surface area contributed by atoms with Crippen LogP contribution in [0.4, 0.5) is 5.69 Å². The van der Waals surface area contributed by atoms with Crippen LogP contribution in [0.15, 0.2) is 42.5 Å². The predicted molar refractivity (Wildman–Crippen MR) is 102 cm³/mol. The van der Waals surface area contributed by atoms with Crippen molar-refractivity contribution in [1.82, 2.24) is 0 Å². The number of halogens is 1. The van der Waals surface area contributed by atoms with Gasteiger partial charge in [-0.25, -0.2) is 4.79 Å². The summed E-state index contributed by atoms with van der Waals surface area (Å²) < 4.78 is 10.6. The van der Waals surface area contributed by atoms with Gasteiger partial charge in [-0.05, 0) is 55.3 Å². The van der Waals surface area contributed by atoms with E-state index >= 15 is 0 Å². The van der Waals surface area contributed by atoms with Crippen molar-refractivity contribution < 1.29 is 19.1 Å². The van der Waals surface area contributed by atoms with Gasteiger partial charge >= 0.3 is 5.97 Å². The third-order valence-electron chi connectivity index (χ3n) is 3.73. The van der Waals surface area contributed by atoms with Crippen LogP contribution in [-0.2, 0) is 9.53 Å². The van der Waals surface area contributed by atoms with Crippen LogP contribution in [0.1, 0.15) is 35.7 Å². The van der Waals surface area contributed by atoms with Crippen LogP contribution in [0, 0.1) is 6.92 Å². The summed E-state index contributed by atoms with van der Waals surface area (Å²) in [5, 5.41) is 3.23. The van der Waals surface area contributed by atoms with E-state index < -0.39 is 11.9 Å². The molecule has 0 aliphatic heterocycles. The first-order valence-corrected chi connectivity index (χ1v) is 8.84. The Kier molecular flexibility index (Phi) is 7.48. The molecule has 0 atom stereocenters. The fraction of sp³-hybridized carbons (Fsp3) is 0.300. The van der Waals surface area contributed by atoms with Crippen molar-refractivity contribution in [2.45, 2.75) is 26.7 Å². The van der Waals surface area contributed by atoms with Gasteiger partial charge in [-0.15, -0.1) is 0 Å². The van der Waals surface area contributed by atoms with Crippen molar-refractivity contribution in [3.05, 3.63) is 58.6 Å². The van der Waals surface area contributed by atoms with Crippen molar-refractivity contribution in [2.75, 3.05) is 18.5 Å². The van der Waals surface area contributed by atoms with Gasteiger partial charge in [0.1, 0.15) is 5.75 Å². The van der Waals surface area contributed by atoms with E-state index in [4.69, 9.17) is 21.1 Å².